The molecule has 0 unspecified atom stereocenters. The van der Waals surface area contributed by atoms with Crippen LogP contribution in [0.5, 0.6) is 0 Å². The Bertz CT molecular complexity index is 2350. The molecule has 263 valence electrons. The van der Waals surface area contributed by atoms with E-state index in [-0.39, 0.29) is 20.1 Å². The van der Waals surface area contributed by atoms with Crippen LogP contribution in [0, 0.1) is 12.1 Å². The van der Waals surface area contributed by atoms with E-state index in [0.717, 1.165) is 65.1 Å². The van der Waals surface area contributed by atoms with Gasteiger partial charge in [0.2, 0.25) is 0 Å². The Morgan fingerprint density at radius 3 is 2.04 bits per heavy atom. The van der Waals surface area contributed by atoms with Crippen LogP contribution >= 0.6 is 11.3 Å². The Hall–Kier alpha value is -3.41. The molecule has 0 aliphatic heterocycles. The van der Waals surface area contributed by atoms with Gasteiger partial charge >= 0.3 is 99.8 Å². The third-order valence-corrected chi connectivity index (χ3v) is 14.5. The van der Waals surface area contributed by atoms with Gasteiger partial charge in [0, 0.05) is 35.1 Å². The fourth-order valence-electron chi connectivity index (χ4n) is 6.21. The molecule has 4 aromatic carbocycles. The smallest absolute Gasteiger partial charge is 0 e. The molecule has 7 aromatic rings. The Morgan fingerprint density at radius 1 is 0.686 bits per heavy atom. The Kier molecular flexibility index (Phi) is 11.2. The van der Waals surface area contributed by atoms with Crippen LogP contribution in [0.3, 0.4) is 0 Å². The number of hydrogen-bond acceptors (Lipinski definition) is 3. The quantitative estimate of drug-likeness (QED) is 0.118. The second kappa shape index (κ2) is 16.5. The summed E-state index contributed by atoms with van der Waals surface area (Å²) in [5.41, 5.74) is 8.66. The van der Waals surface area contributed by atoms with Gasteiger partial charge in [-0.3, -0.25) is 0 Å². The maximum atomic E-state index is 8.82. The summed E-state index contributed by atoms with van der Waals surface area (Å²) < 4.78 is 29.8. The van der Waals surface area contributed by atoms with Crippen molar-refractivity contribution < 1.29 is 24.2 Å². The van der Waals surface area contributed by atoms with Crippen molar-refractivity contribution in [3.63, 3.8) is 0 Å². The first-order valence-corrected chi connectivity index (χ1v) is 25.4. The normalized spacial score (nSPS) is 13.1. The summed E-state index contributed by atoms with van der Waals surface area (Å²) >= 11 is 0.00424. The van der Waals surface area contributed by atoms with E-state index in [2.05, 4.69) is 75.8 Å². The molecule has 0 fully saturated rings. The van der Waals surface area contributed by atoms with Gasteiger partial charge in [0.15, 0.2) is 0 Å². The van der Waals surface area contributed by atoms with Crippen molar-refractivity contribution in [1.29, 1.82) is 0 Å². The van der Waals surface area contributed by atoms with Crippen LogP contribution in [0.15, 0.2) is 109 Å². The van der Waals surface area contributed by atoms with Gasteiger partial charge in [-0.2, -0.15) is 11.3 Å². The predicted molar refractivity (Wildman–Crippen MR) is 221 cm³/mol. The molecule has 0 aliphatic rings. The summed E-state index contributed by atoms with van der Waals surface area (Å²) in [5, 5.41) is 2.33. The van der Waals surface area contributed by atoms with Crippen LogP contribution in [0.4, 0.5) is 0 Å². The minimum Gasteiger partial charge on any atom is 0 e. The molecule has 0 saturated carbocycles. The topological polar surface area (TPSA) is 25.8 Å². The SMILES string of the molecule is [2H]C(C)(C)c1ccnc(-c2[c-]ccc3c2sc2cc(-c4c(C([2H])(C)C)cccc4C([2H])(C)C)ccc23)c1.[CH3][Ge]([CH3])([CH3])[c]1ccc(-c2[c-]cccc2)nc1.[Ir]. The summed E-state index contributed by atoms with van der Waals surface area (Å²) in [6.07, 6.45) is 3.82. The van der Waals surface area contributed by atoms with Gasteiger partial charge < -0.3 is 4.98 Å². The summed E-state index contributed by atoms with van der Waals surface area (Å²) in [6.45, 7) is 11.4. The van der Waals surface area contributed by atoms with Gasteiger partial charge in [0.25, 0.3) is 0 Å². The summed E-state index contributed by atoms with van der Waals surface area (Å²) in [7, 11) is 0. The average molecular weight is 929 g/mol. The zero-order chi connectivity index (χ0) is 38.3. The van der Waals surface area contributed by atoms with E-state index in [0.29, 0.717) is 0 Å². The first-order chi connectivity index (χ1) is 24.8. The van der Waals surface area contributed by atoms with Crippen molar-refractivity contribution in [2.24, 2.45) is 0 Å². The molecular formula is C46H48GeIrN2S-2. The maximum absolute atomic E-state index is 8.82. The summed E-state index contributed by atoms with van der Waals surface area (Å²) in [5.74, 6) is 4.84. The third-order valence-electron chi connectivity index (χ3n) is 9.07. The molecule has 3 heterocycles. The summed E-state index contributed by atoms with van der Waals surface area (Å²) in [6, 6.07) is 39.4. The van der Waals surface area contributed by atoms with Gasteiger partial charge in [-0.25, -0.2) is 0 Å². The second-order valence-corrected chi connectivity index (χ2v) is 26.2. The van der Waals surface area contributed by atoms with Crippen LogP contribution < -0.4 is 4.40 Å². The molecule has 0 aliphatic carbocycles. The van der Waals surface area contributed by atoms with Gasteiger partial charge in [0.05, 0.1) is 0 Å². The molecule has 51 heavy (non-hydrogen) atoms. The predicted octanol–water partition coefficient (Wildman–Crippen LogP) is 13.0. The van der Waals surface area contributed by atoms with E-state index in [1.165, 1.54) is 9.78 Å². The van der Waals surface area contributed by atoms with Crippen LogP contribution in [-0.4, -0.2) is 23.2 Å². The monoisotopic (exact) mass is 930 g/mol. The number of rotatable bonds is 7. The van der Waals surface area contributed by atoms with Gasteiger partial charge in [-0.15, -0.1) is 23.8 Å². The van der Waals surface area contributed by atoms with Crippen molar-refractivity contribution in [2.75, 3.05) is 0 Å². The van der Waals surface area contributed by atoms with Gasteiger partial charge in [-0.1, -0.05) is 88.9 Å². The Morgan fingerprint density at radius 2 is 1.43 bits per heavy atom. The number of fused-ring (bicyclic) bond motifs is 3. The standard InChI is InChI=1S/C32H32NS.C14H16GeN.Ir/c1-19(2)22-15-16-33-29(17-22)28-12-8-11-27-26-14-13-23(18-30(26)34-32(27)28)31-24(20(3)4)9-7-10-25(31)21(5)6;1-15(2,3)13-9-10-14(16-11-13)12-7-5-4-6-8-12;/h7-11,13-21H,1-6H3;4-7,9-11H,1-3H3;/q2*-1;/i19D,20D,21D;;. The van der Waals surface area contributed by atoms with E-state index in [1.54, 1.807) is 17.5 Å². The second-order valence-electron chi connectivity index (χ2n) is 14.5. The van der Waals surface area contributed by atoms with Crippen molar-refractivity contribution in [3.05, 3.63) is 138 Å². The molecule has 0 spiro atoms. The number of benzene rings is 4. The molecule has 7 rings (SSSR count). The van der Waals surface area contributed by atoms with E-state index < -0.39 is 30.9 Å². The zero-order valence-corrected chi connectivity index (χ0v) is 36.3. The van der Waals surface area contributed by atoms with E-state index in [9.17, 15) is 0 Å². The zero-order valence-electron chi connectivity index (χ0n) is 34.0. The van der Waals surface area contributed by atoms with Crippen LogP contribution in [-0.2, 0) is 20.1 Å². The van der Waals surface area contributed by atoms with Crippen LogP contribution in [0.25, 0.3) is 53.8 Å². The first-order valence-electron chi connectivity index (χ1n) is 18.7. The minimum atomic E-state index is -1.72. The van der Waals surface area contributed by atoms with Gasteiger partial charge in [-0.05, 0) is 67.8 Å². The molecule has 1 radical (unpaired) electrons. The molecule has 0 atom stereocenters. The fourth-order valence-corrected chi connectivity index (χ4v) is 9.63. The van der Waals surface area contributed by atoms with Crippen molar-refractivity contribution >= 4 is 49.2 Å². The number of nitrogens with zero attached hydrogens (tertiary/aromatic N) is 2. The average Bonchev–Trinajstić information content (AvgIpc) is 3.49. The maximum Gasteiger partial charge on any atom is 0 e. The Balaban J connectivity index is 0.000000276. The Labute approximate surface area is 329 Å². The van der Waals surface area contributed by atoms with Gasteiger partial charge in [0.1, 0.15) is 0 Å². The number of hydrogen-bond donors (Lipinski definition) is 0. The van der Waals surface area contributed by atoms with Crippen molar-refractivity contribution in [1.82, 2.24) is 9.97 Å². The molecule has 0 N–H and O–H groups in total. The largest absolute Gasteiger partial charge is 0 e. The number of aromatic nitrogens is 2. The van der Waals surface area contributed by atoms with Crippen LogP contribution in [0.1, 0.15) is 80.0 Å². The third kappa shape index (κ3) is 8.63. The van der Waals surface area contributed by atoms with E-state index in [4.69, 9.17) is 4.11 Å². The molecule has 3 aromatic heterocycles. The van der Waals surface area contributed by atoms with Crippen molar-refractivity contribution in [2.45, 2.75) is 76.5 Å². The molecule has 0 amide bonds. The summed E-state index contributed by atoms with van der Waals surface area (Å²) in [4.78, 5) is 9.17. The van der Waals surface area contributed by atoms with Crippen LogP contribution in [0.2, 0.25) is 17.3 Å². The van der Waals surface area contributed by atoms with E-state index >= 15 is 0 Å². The molecule has 5 heteroatoms. The number of thiophene rings is 1. The molecular weight excluding hydrogens is 877 g/mol. The fraction of sp³-hybridized carbons (Fsp3) is 0.261. The molecule has 2 nitrogen and oxygen atoms in total. The first kappa shape index (κ1) is 34.7. The minimum absolute atomic E-state index is 0. The molecule has 0 saturated heterocycles. The number of pyridine rings is 2. The van der Waals surface area contributed by atoms with Crippen molar-refractivity contribution in [3.8, 4) is 33.6 Å². The molecule has 0 bridgehead atoms. The van der Waals surface area contributed by atoms with E-state index in [1.807, 2.05) is 108 Å².